The first-order valence-corrected chi connectivity index (χ1v) is 6.64. The highest BCUT2D eigenvalue weighted by Crippen LogP contribution is 2.38. The van der Waals surface area contributed by atoms with Crippen LogP contribution in [0.25, 0.3) is 0 Å². The number of hydrogen-bond acceptors (Lipinski definition) is 1. The van der Waals surface area contributed by atoms with E-state index >= 15 is 0 Å². The minimum atomic E-state index is 0.644. The fourth-order valence-electron chi connectivity index (χ4n) is 2.17. The quantitative estimate of drug-likeness (QED) is 0.851. The van der Waals surface area contributed by atoms with E-state index in [-0.39, 0.29) is 0 Å². The largest absolute Gasteiger partial charge is 0.314 e. The van der Waals surface area contributed by atoms with Crippen LogP contribution in [0.1, 0.15) is 37.7 Å². The van der Waals surface area contributed by atoms with Gasteiger partial charge in [0.05, 0.1) is 10.0 Å². The van der Waals surface area contributed by atoms with Crippen molar-refractivity contribution in [2.75, 3.05) is 6.54 Å². The van der Waals surface area contributed by atoms with Crippen LogP contribution in [0.15, 0.2) is 18.2 Å². The van der Waals surface area contributed by atoms with Crippen molar-refractivity contribution in [1.82, 2.24) is 5.32 Å². The zero-order valence-corrected chi connectivity index (χ0v) is 11.0. The zero-order chi connectivity index (χ0) is 11.5. The fourth-order valence-corrected chi connectivity index (χ4v) is 2.48. The molecule has 1 aromatic carbocycles. The Morgan fingerprint density at radius 2 is 2.00 bits per heavy atom. The third-order valence-electron chi connectivity index (χ3n) is 3.24. The van der Waals surface area contributed by atoms with Crippen LogP contribution in [0.5, 0.6) is 0 Å². The Bertz CT molecular complexity index is 359. The molecule has 0 saturated heterocycles. The van der Waals surface area contributed by atoms with Crippen molar-refractivity contribution in [2.45, 2.75) is 38.1 Å². The molecule has 0 bridgehead atoms. The molecule has 0 radical (unpaired) electrons. The zero-order valence-electron chi connectivity index (χ0n) is 9.47. The van der Waals surface area contributed by atoms with Gasteiger partial charge in [-0.05, 0) is 49.4 Å². The average Bonchev–Trinajstić information content (AvgIpc) is 2.21. The Balaban J connectivity index is 1.89. The Kier molecular flexibility index (Phi) is 4.12. The summed E-state index contributed by atoms with van der Waals surface area (Å²) in [6, 6.07) is 6.69. The smallest absolute Gasteiger partial charge is 0.0595 e. The lowest BCUT2D eigenvalue weighted by molar-refractivity contribution is 0.292. The van der Waals surface area contributed by atoms with Crippen molar-refractivity contribution in [3.63, 3.8) is 0 Å². The Hall–Kier alpha value is -0.240. The molecule has 0 unspecified atom stereocenters. The van der Waals surface area contributed by atoms with Crippen molar-refractivity contribution in [3.05, 3.63) is 33.8 Å². The molecule has 1 N–H and O–H groups in total. The monoisotopic (exact) mass is 257 g/mol. The lowest BCUT2D eigenvalue weighted by Gasteiger charge is -2.36. The van der Waals surface area contributed by atoms with Crippen LogP contribution < -0.4 is 5.32 Å². The summed E-state index contributed by atoms with van der Waals surface area (Å²) in [7, 11) is 0. The van der Waals surface area contributed by atoms with Gasteiger partial charge in [-0.1, -0.05) is 36.2 Å². The van der Waals surface area contributed by atoms with Crippen LogP contribution in [0.2, 0.25) is 10.0 Å². The molecule has 0 aliphatic heterocycles. The summed E-state index contributed by atoms with van der Waals surface area (Å²) in [6.45, 7) is 3.32. The van der Waals surface area contributed by atoms with Gasteiger partial charge in [0.25, 0.3) is 0 Å². The van der Waals surface area contributed by atoms with Crippen molar-refractivity contribution in [3.8, 4) is 0 Å². The molecule has 0 atom stereocenters. The molecule has 1 aliphatic carbocycles. The van der Waals surface area contributed by atoms with E-state index in [2.05, 4.69) is 18.3 Å². The van der Waals surface area contributed by atoms with Gasteiger partial charge in [0.1, 0.15) is 0 Å². The normalized spacial score (nSPS) is 24.2. The van der Waals surface area contributed by atoms with Crippen LogP contribution in [-0.2, 0) is 0 Å². The summed E-state index contributed by atoms with van der Waals surface area (Å²) < 4.78 is 0. The van der Waals surface area contributed by atoms with Gasteiger partial charge in [0.15, 0.2) is 0 Å². The van der Waals surface area contributed by atoms with Gasteiger partial charge < -0.3 is 5.32 Å². The summed E-state index contributed by atoms with van der Waals surface area (Å²) in [6.07, 6.45) is 3.64. The van der Waals surface area contributed by atoms with Gasteiger partial charge in [-0.25, -0.2) is 0 Å². The molecule has 1 nitrogen and oxygen atoms in total. The van der Waals surface area contributed by atoms with Crippen molar-refractivity contribution in [2.24, 2.45) is 0 Å². The van der Waals surface area contributed by atoms with Crippen LogP contribution in [0, 0.1) is 0 Å². The maximum Gasteiger partial charge on any atom is 0.0595 e. The number of nitrogens with one attached hydrogen (secondary N) is 1. The first kappa shape index (κ1) is 12.2. The fraction of sp³-hybridized carbons (Fsp3) is 0.538. The third-order valence-corrected chi connectivity index (χ3v) is 3.98. The number of halogens is 2. The molecule has 3 heteroatoms. The molecule has 1 aliphatic rings. The van der Waals surface area contributed by atoms with E-state index < -0.39 is 0 Å². The van der Waals surface area contributed by atoms with Gasteiger partial charge in [0.2, 0.25) is 0 Å². The van der Waals surface area contributed by atoms with Crippen LogP contribution in [0.3, 0.4) is 0 Å². The highest BCUT2D eigenvalue weighted by molar-refractivity contribution is 6.42. The highest BCUT2D eigenvalue weighted by atomic mass is 35.5. The van der Waals surface area contributed by atoms with Gasteiger partial charge in [-0.15, -0.1) is 0 Å². The Morgan fingerprint density at radius 3 is 2.62 bits per heavy atom. The number of rotatable bonds is 4. The van der Waals surface area contributed by atoms with E-state index in [9.17, 15) is 0 Å². The van der Waals surface area contributed by atoms with Gasteiger partial charge in [0, 0.05) is 6.04 Å². The molecule has 0 amide bonds. The van der Waals surface area contributed by atoms with E-state index in [4.69, 9.17) is 23.2 Å². The molecule has 1 fully saturated rings. The van der Waals surface area contributed by atoms with Gasteiger partial charge >= 0.3 is 0 Å². The minimum Gasteiger partial charge on any atom is -0.314 e. The topological polar surface area (TPSA) is 12.0 Å². The second-order valence-electron chi connectivity index (χ2n) is 4.49. The lowest BCUT2D eigenvalue weighted by Crippen LogP contribution is -2.40. The molecule has 2 rings (SSSR count). The molecule has 0 heterocycles. The summed E-state index contributed by atoms with van der Waals surface area (Å²) >= 11 is 11.9. The first-order chi connectivity index (χ1) is 7.70. The predicted molar refractivity (Wildman–Crippen MR) is 70.5 cm³/mol. The van der Waals surface area contributed by atoms with Crippen LogP contribution in [0.4, 0.5) is 0 Å². The van der Waals surface area contributed by atoms with Crippen molar-refractivity contribution in [1.29, 1.82) is 0 Å². The van der Waals surface area contributed by atoms with E-state index in [1.807, 2.05) is 12.1 Å². The standard InChI is InChI=1S/C13H17Cl2N/c1-2-5-16-11-6-10(7-11)9-3-4-12(14)13(15)8-9/h3-4,8,10-11,16H,2,5-7H2,1H3. The van der Waals surface area contributed by atoms with Crippen LogP contribution >= 0.6 is 23.2 Å². The predicted octanol–water partition coefficient (Wildman–Crippen LogP) is 4.24. The maximum absolute atomic E-state index is 6.01. The highest BCUT2D eigenvalue weighted by Gasteiger charge is 2.29. The molecule has 1 saturated carbocycles. The first-order valence-electron chi connectivity index (χ1n) is 5.89. The lowest BCUT2D eigenvalue weighted by atomic mass is 9.76. The SMILES string of the molecule is CCCNC1CC(c2ccc(Cl)c(Cl)c2)C1. The molecule has 88 valence electrons. The second-order valence-corrected chi connectivity index (χ2v) is 5.31. The summed E-state index contributed by atoms with van der Waals surface area (Å²) in [5, 5.41) is 4.85. The molecule has 0 aromatic heterocycles. The number of benzene rings is 1. The summed E-state index contributed by atoms with van der Waals surface area (Å²) in [5.41, 5.74) is 1.32. The van der Waals surface area contributed by atoms with E-state index in [1.54, 1.807) is 0 Å². The molecule has 1 aromatic rings. The van der Waals surface area contributed by atoms with Gasteiger partial charge in [-0.3, -0.25) is 0 Å². The third kappa shape index (κ3) is 2.71. The van der Waals surface area contributed by atoms with Gasteiger partial charge in [-0.2, -0.15) is 0 Å². The van der Waals surface area contributed by atoms with Crippen molar-refractivity contribution < 1.29 is 0 Å². The van der Waals surface area contributed by atoms with E-state index in [1.165, 1.54) is 24.8 Å². The molecular weight excluding hydrogens is 241 g/mol. The maximum atomic E-state index is 6.01. The summed E-state index contributed by atoms with van der Waals surface area (Å²) in [5.74, 6) is 0.657. The summed E-state index contributed by atoms with van der Waals surface area (Å²) in [4.78, 5) is 0. The Labute approximate surface area is 107 Å². The van der Waals surface area contributed by atoms with Crippen LogP contribution in [-0.4, -0.2) is 12.6 Å². The molecular formula is C13H17Cl2N. The molecule has 16 heavy (non-hydrogen) atoms. The Morgan fingerprint density at radius 1 is 1.25 bits per heavy atom. The number of hydrogen-bond donors (Lipinski definition) is 1. The molecule has 0 spiro atoms. The van der Waals surface area contributed by atoms with E-state index in [0.29, 0.717) is 22.0 Å². The average molecular weight is 258 g/mol. The second kappa shape index (κ2) is 5.39. The minimum absolute atomic E-state index is 0.644. The van der Waals surface area contributed by atoms with E-state index in [0.717, 1.165) is 6.54 Å². The van der Waals surface area contributed by atoms with Crippen molar-refractivity contribution >= 4 is 23.2 Å².